The van der Waals surface area contributed by atoms with E-state index in [-0.39, 0.29) is 9.77 Å². The lowest BCUT2D eigenvalue weighted by Gasteiger charge is -2.09. The number of rotatable bonds is 5. The summed E-state index contributed by atoms with van der Waals surface area (Å²) in [5, 5.41) is 10.1. The van der Waals surface area contributed by atoms with E-state index < -0.39 is 16.0 Å². The number of nitrogens with one attached hydrogen (secondary N) is 1. The van der Waals surface area contributed by atoms with Crippen molar-refractivity contribution in [3.8, 4) is 5.75 Å². The minimum atomic E-state index is -3.83. The van der Waals surface area contributed by atoms with Crippen LogP contribution in [-0.2, 0) is 10.0 Å². The van der Waals surface area contributed by atoms with Gasteiger partial charge in [0.05, 0.1) is 22.8 Å². The Morgan fingerprint density at radius 2 is 2.10 bits per heavy atom. The van der Waals surface area contributed by atoms with Gasteiger partial charge in [-0.15, -0.1) is 11.3 Å². The summed E-state index contributed by atoms with van der Waals surface area (Å²) in [5.74, 6) is -0.689. The first kappa shape index (κ1) is 15.8. The van der Waals surface area contributed by atoms with E-state index in [0.717, 1.165) is 17.4 Å². The molecule has 1 heterocycles. The van der Waals surface area contributed by atoms with Crippen LogP contribution in [0.25, 0.3) is 0 Å². The zero-order chi connectivity index (χ0) is 15.6. The number of anilines is 1. The number of carboxylic acids is 1. The summed E-state index contributed by atoms with van der Waals surface area (Å²) in [5.41, 5.74) is 0.258. The Morgan fingerprint density at radius 1 is 1.38 bits per heavy atom. The van der Waals surface area contributed by atoms with Gasteiger partial charge in [-0.05, 0) is 34.1 Å². The standard InChI is InChI=1S/C12H10BrNO5S2/c1-19-10-5-8(2-3-9(10)13)14-21(17,18)11-4-7(6-20-11)12(15)16/h2-6,14H,1H3,(H,15,16). The van der Waals surface area contributed by atoms with Gasteiger partial charge in [-0.25, -0.2) is 13.2 Å². The Balaban J connectivity index is 2.30. The molecule has 0 aliphatic rings. The molecule has 0 aliphatic heterocycles. The highest BCUT2D eigenvalue weighted by Crippen LogP contribution is 2.30. The van der Waals surface area contributed by atoms with Crippen LogP contribution in [0.1, 0.15) is 10.4 Å². The highest BCUT2D eigenvalue weighted by atomic mass is 79.9. The first-order chi connectivity index (χ1) is 9.83. The number of aromatic carboxylic acids is 1. The van der Waals surface area contributed by atoms with Crippen LogP contribution in [0.2, 0.25) is 0 Å². The summed E-state index contributed by atoms with van der Waals surface area (Å²) >= 11 is 4.11. The van der Waals surface area contributed by atoms with Gasteiger partial charge in [0.1, 0.15) is 9.96 Å². The molecule has 112 valence electrons. The molecule has 9 heteroatoms. The molecule has 0 spiro atoms. The van der Waals surface area contributed by atoms with Gasteiger partial charge < -0.3 is 9.84 Å². The fourth-order valence-corrected chi connectivity index (χ4v) is 4.11. The van der Waals surface area contributed by atoms with E-state index in [4.69, 9.17) is 9.84 Å². The lowest BCUT2D eigenvalue weighted by molar-refractivity contribution is 0.0697. The van der Waals surface area contributed by atoms with Crippen molar-refractivity contribution in [1.82, 2.24) is 0 Å². The summed E-state index contributed by atoms with van der Waals surface area (Å²) < 4.78 is 32.4. The maximum absolute atomic E-state index is 12.2. The van der Waals surface area contributed by atoms with E-state index in [1.165, 1.54) is 18.6 Å². The number of halogens is 1. The topological polar surface area (TPSA) is 92.7 Å². The quantitative estimate of drug-likeness (QED) is 0.816. The van der Waals surface area contributed by atoms with Gasteiger partial charge >= 0.3 is 5.97 Å². The molecule has 0 saturated carbocycles. The van der Waals surface area contributed by atoms with Gasteiger partial charge in [0.15, 0.2) is 0 Å². The minimum absolute atomic E-state index is 0.0613. The summed E-state index contributed by atoms with van der Waals surface area (Å²) in [7, 11) is -2.36. The van der Waals surface area contributed by atoms with E-state index in [9.17, 15) is 13.2 Å². The SMILES string of the molecule is COc1cc(NS(=O)(=O)c2cc(C(=O)O)cs2)ccc1Br. The second kappa shape index (κ2) is 6.04. The van der Waals surface area contributed by atoms with Crippen LogP contribution in [0, 0.1) is 0 Å². The molecular formula is C12H10BrNO5S2. The number of benzene rings is 1. The van der Waals surface area contributed by atoms with Crippen molar-refractivity contribution in [1.29, 1.82) is 0 Å². The normalized spacial score (nSPS) is 11.1. The van der Waals surface area contributed by atoms with E-state index in [2.05, 4.69) is 20.7 Å². The number of thiophene rings is 1. The predicted molar refractivity (Wildman–Crippen MR) is 82.8 cm³/mol. The molecule has 0 bridgehead atoms. The molecule has 0 fully saturated rings. The first-order valence-corrected chi connectivity index (χ1v) is 8.67. The van der Waals surface area contributed by atoms with E-state index in [1.54, 1.807) is 12.1 Å². The number of carboxylic acid groups (broad SMARTS) is 1. The first-order valence-electron chi connectivity index (χ1n) is 5.51. The van der Waals surface area contributed by atoms with Gasteiger partial charge in [-0.1, -0.05) is 0 Å². The Labute approximate surface area is 133 Å². The van der Waals surface area contributed by atoms with Crippen LogP contribution < -0.4 is 9.46 Å². The van der Waals surface area contributed by atoms with Crippen molar-refractivity contribution < 1.29 is 23.1 Å². The molecule has 1 aromatic carbocycles. The number of methoxy groups -OCH3 is 1. The Hall–Kier alpha value is -1.58. The molecule has 2 N–H and O–H groups in total. The highest BCUT2D eigenvalue weighted by Gasteiger charge is 2.19. The largest absolute Gasteiger partial charge is 0.495 e. The lowest BCUT2D eigenvalue weighted by atomic mass is 10.3. The highest BCUT2D eigenvalue weighted by molar-refractivity contribution is 9.10. The zero-order valence-electron chi connectivity index (χ0n) is 10.7. The lowest BCUT2D eigenvalue weighted by Crippen LogP contribution is -2.11. The Kier molecular flexibility index (Phi) is 4.55. The molecule has 1 aromatic heterocycles. The van der Waals surface area contributed by atoms with Crippen LogP contribution in [0.15, 0.2) is 38.3 Å². The maximum atomic E-state index is 12.2. The monoisotopic (exact) mass is 391 g/mol. The molecule has 0 amide bonds. The molecule has 0 atom stereocenters. The van der Waals surface area contributed by atoms with Crippen molar-refractivity contribution in [2.75, 3.05) is 11.8 Å². The van der Waals surface area contributed by atoms with Crippen molar-refractivity contribution >= 4 is 48.9 Å². The van der Waals surface area contributed by atoms with Gasteiger partial charge in [0.25, 0.3) is 10.0 Å². The summed E-state index contributed by atoms with van der Waals surface area (Å²) in [6, 6.07) is 5.85. The van der Waals surface area contributed by atoms with Crippen LogP contribution in [0.3, 0.4) is 0 Å². The number of hydrogen-bond acceptors (Lipinski definition) is 5. The van der Waals surface area contributed by atoms with Crippen molar-refractivity contribution in [2.45, 2.75) is 4.21 Å². The summed E-state index contributed by atoms with van der Waals surface area (Å²) in [6.07, 6.45) is 0. The van der Waals surface area contributed by atoms with Gasteiger partial charge in [-0.3, -0.25) is 4.72 Å². The molecule has 0 saturated heterocycles. The van der Waals surface area contributed by atoms with E-state index in [0.29, 0.717) is 15.9 Å². The third-order valence-electron chi connectivity index (χ3n) is 2.49. The third-order valence-corrected chi connectivity index (χ3v) is 5.97. The Morgan fingerprint density at radius 3 is 2.67 bits per heavy atom. The second-order valence-corrected chi connectivity index (χ2v) is 7.59. The molecule has 2 aromatic rings. The molecule has 0 radical (unpaired) electrons. The summed E-state index contributed by atoms with van der Waals surface area (Å²) in [6.45, 7) is 0. The van der Waals surface area contributed by atoms with Crippen molar-refractivity contribution in [2.24, 2.45) is 0 Å². The number of hydrogen-bond donors (Lipinski definition) is 2. The number of ether oxygens (including phenoxy) is 1. The molecule has 0 unspecified atom stereocenters. The smallest absolute Gasteiger partial charge is 0.336 e. The second-order valence-electron chi connectivity index (χ2n) is 3.91. The average molecular weight is 392 g/mol. The molecule has 21 heavy (non-hydrogen) atoms. The minimum Gasteiger partial charge on any atom is -0.495 e. The fourth-order valence-electron chi connectivity index (χ4n) is 1.50. The fraction of sp³-hybridized carbons (Fsp3) is 0.0833. The Bertz CT molecular complexity index is 785. The van der Waals surface area contributed by atoms with Crippen LogP contribution >= 0.6 is 27.3 Å². The van der Waals surface area contributed by atoms with Crippen LogP contribution in [-0.4, -0.2) is 26.6 Å². The average Bonchev–Trinajstić information content (AvgIpc) is 2.91. The molecule has 6 nitrogen and oxygen atoms in total. The third kappa shape index (κ3) is 3.55. The van der Waals surface area contributed by atoms with Gasteiger partial charge in [0.2, 0.25) is 0 Å². The number of carbonyl (C=O) groups is 1. The van der Waals surface area contributed by atoms with Crippen molar-refractivity contribution in [3.05, 3.63) is 39.7 Å². The van der Waals surface area contributed by atoms with Gasteiger partial charge in [0, 0.05) is 11.4 Å². The maximum Gasteiger partial charge on any atom is 0.336 e. The summed E-state index contributed by atoms with van der Waals surface area (Å²) in [4.78, 5) is 10.8. The zero-order valence-corrected chi connectivity index (χ0v) is 13.9. The number of sulfonamides is 1. The van der Waals surface area contributed by atoms with Gasteiger partial charge in [-0.2, -0.15) is 0 Å². The van der Waals surface area contributed by atoms with E-state index >= 15 is 0 Å². The predicted octanol–water partition coefficient (Wildman–Crippen LogP) is 3.02. The molecule has 0 aliphatic carbocycles. The van der Waals surface area contributed by atoms with Crippen LogP contribution in [0.5, 0.6) is 5.75 Å². The van der Waals surface area contributed by atoms with E-state index in [1.807, 2.05) is 0 Å². The van der Waals surface area contributed by atoms with Crippen molar-refractivity contribution in [3.63, 3.8) is 0 Å². The molecule has 2 rings (SSSR count). The molecular weight excluding hydrogens is 382 g/mol. The van der Waals surface area contributed by atoms with Crippen LogP contribution in [0.4, 0.5) is 5.69 Å².